The first-order valence-corrected chi connectivity index (χ1v) is 17.5. The van der Waals surface area contributed by atoms with Gasteiger partial charge in [0.25, 0.3) is 0 Å². The van der Waals surface area contributed by atoms with E-state index in [0.717, 1.165) is 72.8 Å². The summed E-state index contributed by atoms with van der Waals surface area (Å²) in [5.74, 6) is 3.95. The number of hydrogen-bond acceptors (Lipinski definition) is 5. The predicted molar refractivity (Wildman–Crippen MR) is 191 cm³/mol. The highest BCUT2D eigenvalue weighted by molar-refractivity contribution is 5.78. The monoisotopic (exact) mass is 611 g/mol. The zero-order valence-electron chi connectivity index (χ0n) is 28.9. The minimum atomic E-state index is 0.252. The van der Waals surface area contributed by atoms with Gasteiger partial charge in [-0.1, -0.05) is 45.8 Å². The van der Waals surface area contributed by atoms with Crippen LogP contribution in [0.2, 0.25) is 0 Å². The molecule has 5 nitrogen and oxygen atoms in total. The number of nitrogens with two attached hydrogens (primary N) is 1. The van der Waals surface area contributed by atoms with Crippen molar-refractivity contribution in [3.8, 4) is 11.5 Å². The maximum Gasteiger partial charge on any atom is 0.143 e. The van der Waals surface area contributed by atoms with Gasteiger partial charge in [0, 0.05) is 36.1 Å². The molecule has 2 aromatic rings. The van der Waals surface area contributed by atoms with Gasteiger partial charge >= 0.3 is 0 Å². The zero-order valence-corrected chi connectivity index (χ0v) is 28.9. The first kappa shape index (κ1) is 33.2. The van der Waals surface area contributed by atoms with Crippen LogP contribution < -0.4 is 20.1 Å². The van der Waals surface area contributed by atoms with Crippen LogP contribution in [0, 0.1) is 25.7 Å². The van der Waals surface area contributed by atoms with E-state index < -0.39 is 0 Å². The number of allylic oxidation sites excluding steroid dienone is 2. The number of nitrogens with zero attached hydrogens (tertiary/aromatic N) is 2. The Labute approximate surface area is 273 Å². The maximum atomic E-state index is 6.38. The molecule has 2 aromatic carbocycles. The summed E-state index contributed by atoms with van der Waals surface area (Å²) in [5, 5.41) is 0. The Morgan fingerprint density at radius 3 is 2.49 bits per heavy atom. The van der Waals surface area contributed by atoms with Crippen LogP contribution in [0.5, 0.6) is 11.5 Å². The van der Waals surface area contributed by atoms with E-state index in [0.29, 0.717) is 6.61 Å². The van der Waals surface area contributed by atoms with Crippen LogP contribution in [0.4, 0.5) is 5.69 Å². The lowest BCUT2D eigenvalue weighted by Gasteiger charge is -2.39. The molecule has 2 unspecified atom stereocenters. The summed E-state index contributed by atoms with van der Waals surface area (Å²) in [4.78, 5) is 4.86. The molecule has 0 radical (unpaired) electrons. The van der Waals surface area contributed by atoms with Crippen molar-refractivity contribution < 1.29 is 9.47 Å². The van der Waals surface area contributed by atoms with Gasteiger partial charge in [0.15, 0.2) is 0 Å². The summed E-state index contributed by atoms with van der Waals surface area (Å²) in [5.41, 5.74) is 17.5. The fourth-order valence-corrected chi connectivity index (χ4v) is 6.94. The van der Waals surface area contributed by atoms with Crippen molar-refractivity contribution in [2.24, 2.45) is 17.6 Å². The van der Waals surface area contributed by atoms with Crippen LogP contribution in [-0.4, -0.2) is 44.3 Å². The summed E-state index contributed by atoms with van der Waals surface area (Å²) in [7, 11) is 1.70. The van der Waals surface area contributed by atoms with Gasteiger partial charge in [0.2, 0.25) is 0 Å². The van der Waals surface area contributed by atoms with Gasteiger partial charge < -0.3 is 25.0 Å². The molecule has 2 atom stereocenters. The van der Waals surface area contributed by atoms with Crippen molar-refractivity contribution in [3.63, 3.8) is 0 Å². The molecule has 2 aliphatic heterocycles. The molecule has 1 saturated heterocycles. The second kappa shape index (κ2) is 14.9. The summed E-state index contributed by atoms with van der Waals surface area (Å²) in [6.45, 7) is 19.1. The first-order chi connectivity index (χ1) is 21.7. The Morgan fingerprint density at radius 2 is 1.87 bits per heavy atom. The fourth-order valence-electron chi connectivity index (χ4n) is 6.94. The van der Waals surface area contributed by atoms with E-state index in [4.69, 9.17) is 15.2 Å². The summed E-state index contributed by atoms with van der Waals surface area (Å²) < 4.78 is 11.6. The van der Waals surface area contributed by atoms with Crippen molar-refractivity contribution in [2.75, 3.05) is 38.3 Å². The molecule has 6 rings (SSSR count). The SMILES string of the molecule is C=C(/C(C)=C/c1ccc(OC)cc1C)N1CCOc2cc(C(=C3CCC3)N3CCCC(N)C3)cc(C)c21.CCC(C)CC1CC1. The van der Waals surface area contributed by atoms with Crippen molar-refractivity contribution in [2.45, 2.75) is 98.4 Å². The molecular weight excluding hydrogens is 554 g/mol. The number of methoxy groups -OCH3 is 1. The van der Waals surface area contributed by atoms with Gasteiger partial charge in [-0.15, -0.1) is 0 Å². The number of ether oxygens (including phenoxy) is 2. The van der Waals surface area contributed by atoms with Gasteiger partial charge in [0.1, 0.15) is 18.1 Å². The van der Waals surface area contributed by atoms with Gasteiger partial charge in [-0.3, -0.25) is 0 Å². The van der Waals surface area contributed by atoms with E-state index in [2.05, 4.69) is 81.3 Å². The highest BCUT2D eigenvalue weighted by Gasteiger charge is 2.29. The average molecular weight is 612 g/mol. The number of anilines is 1. The van der Waals surface area contributed by atoms with Crippen molar-refractivity contribution in [1.29, 1.82) is 0 Å². The second-order valence-electron chi connectivity index (χ2n) is 14.0. The Balaban J connectivity index is 0.000000436. The molecule has 4 aliphatic rings. The van der Waals surface area contributed by atoms with Crippen molar-refractivity contribution in [1.82, 2.24) is 4.90 Å². The van der Waals surface area contributed by atoms with Gasteiger partial charge in [-0.25, -0.2) is 0 Å². The Bertz CT molecular complexity index is 1410. The second-order valence-corrected chi connectivity index (χ2v) is 14.0. The number of rotatable bonds is 9. The van der Waals surface area contributed by atoms with Crippen LogP contribution in [0.3, 0.4) is 0 Å². The molecule has 0 aromatic heterocycles. The number of aryl methyl sites for hydroxylation is 2. The lowest BCUT2D eigenvalue weighted by atomic mass is 9.86. The summed E-state index contributed by atoms with van der Waals surface area (Å²) in [6.07, 6.45) is 14.1. The predicted octanol–water partition coefficient (Wildman–Crippen LogP) is 9.28. The Hall–Kier alpha value is -3.18. The van der Waals surface area contributed by atoms with Gasteiger partial charge in [0.05, 0.1) is 19.3 Å². The number of benzene rings is 2. The van der Waals surface area contributed by atoms with E-state index in [1.54, 1.807) is 12.7 Å². The van der Waals surface area contributed by atoms with E-state index in [-0.39, 0.29) is 6.04 Å². The largest absolute Gasteiger partial charge is 0.497 e. The molecule has 3 fully saturated rings. The van der Waals surface area contributed by atoms with Crippen LogP contribution in [0.25, 0.3) is 11.8 Å². The molecular formula is C40H57N3O2. The normalized spacial score (nSPS) is 20.3. The topological polar surface area (TPSA) is 51.0 Å². The molecule has 0 amide bonds. The lowest BCUT2D eigenvalue weighted by Crippen LogP contribution is -2.42. The standard InChI is InChI=1S/C32H41N3O2.C8H16/c1-21(16-26-11-12-29(36-5)18-22(26)2)24(4)35-14-15-37-30-19-27(17-23(3)31(30)35)32(25-8-6-9-25)34-13-7-10-28(33)20-34;1-3-7(2)6-8-4-5-8/h11-12,16-19,28H,4,6-10,13-15,20,33H2,1-3,5H3;7-8H,3-6H2,1-2H3/b21-16+;. The molecule has 2 aliphatic carbocycles. The number of likely N-dealkylation sites (tertiary alicyclic amines) is 1. The average Bonchev–Trinajstić information content (AvgIpc) is 3.83. The maximum absolute atomic E-state index is 6.38. The third-order valence-electron chi connectivity index (χ3n) is 10.2. The van der Waals surface area contributed by atoms with E-state index in [9.17, 15) is 0 Å². The highest BCUT2D eigenvalue weighted by atomic mass is 16.5. The summed E-state index contributed by atoms with van der Waals surface area (Å²) >= 11 is 0. The Morgan fingerprint density at radius 1 is 1.09 bits per heavy atom. The van der Waals surface area contributed by atoms with E-state index >= 15 is 0 Å². The quantitative estimate of drug-likeness (QED) is 0.287. The van der Waals surface area contributed by atoms with Gasteiger partial charge in [-0.2, -0.15) is 0 Å². The Kier molecular flexibility index (Phi) is 11.0. The minimum absolute atomic E-state index is 0.252. The summed E-state index contributed by atoms with van der Waals surface area (Å²) in [6, 6.07) is 11.0. The first-order valence-electron chi connectivity index (χ1n) is 17.5. The molecule has 2 N–H and O–H groups in total. The van der Waals surface area contributed by atoms with Crippen LogP contribution in [-0.2, 0) is 0 Å². The van der Waals surface area contributed by atoms with Crippen molar-refractivity contribution in [3.05, 3.63) is 76.0 Å². The number of fused-ring (bicyclic) bond motifs is 1. The molecule has 5 heteroatoms. The third kappa shape index (κ3) is 8.16. The number of hydrogen-bond donors (Lipinski definition) is 1. The van der Waals surface area contributed by atoms with Crippen LogP contribution in [0.15, 0.2) is 53.8 Å². The highest BCUT2D eigenvalue weighted by Crippen LogP contribution is 2.44. The van der Waals surface area contributed by atoms with Crippen LogP contribution in [0.1, 0.15) is 101 Å². The molecule has 0 bridgehead atoms. The van der Waals surface area contributed by atoms with Crippen LogP contribution >= 0.6 is 0 Å². The van der Waals surface area contributed by atoms with Crippen molar-refractivity contribution >= 4 is 17.5 Å². The lowest BCUT2D eigenvalue weighted by molar-refractivity contribution is 0.291. The molecule has 0 spiro atoms. The van der Waals surface area contributed by atoms with Gasteiger partial charge in [-0.05, 0) is 129 Å². The number of piperidine rings is 1. The van der Waals surface area contributed by atoms with E-state index in [1.807, 2.05) is 6.07 Å². The minimum Gasteiger partial charge on any atom is -0.497 e. The smallest absolute Gasteiger partial charge is 0.143 e. The third-order valence-corrected chi connectivity index (χ3v) is 10.2. The molecule has 45 heavy (non-hydrogen) atoms. The zero-order chi connectivity index (χ0) is 32.1. The molecule has 2 heterocycles. The van der Waals surface area contributed by atoms with E-state index in [1.165, 1.54) is 72.9 Å². The fraction of sp³-hybridized carbons (Fsp3) is 0.550. The molecule has 244 valence electrons. The molecule has 2 saturated carbocycles.